The van der Waals surface area contributed by atoms with Crippen LogP contribution in [0.25, 0.3) is 0 Å². The van der Waals surface area contributed by atoms with Gasteiger partial charge in [0.2, 0.25) is 5.91 Å². The van der Waals surface area contributed by atoms with Crippen molar-refractivity contribution in [3.05, 3.63) is 35.9 Å². The fraction of sp³-hybridized carbons (Fsp3) is 0.333. The Morgan fingerprint density at radius 3 is 1.86 bits per heavy atom. The average Bonchev–Trinajstić information content (AvgIpc) is 2.38. The molecule has 0 bridgehead atoms. The van der Waals surface area contributed by atoms with Crippen LogP contribution in [-0.2, 0) is 15.1 Å². The molecule has 1 amide bonds. The van der Waals surface area contributed by atoms with Gasteiger partial charge in [0.15, 0.2) is 6.10 Å². The predicted octanol–water partition coefficient (Wildman–Crippen LogP) is 0.340. The van der Waals surface area contributed by atoms with Crippen LogP contribution in [-0.4, -0.2) is 34.4 Å². The highest BCUT2D eigenvalue weighted by atomic mass is 19.4. The van der Waals surface area contributed by atoms with Gasteiger partial charge in [-0.25, -0.2) is 4.79 Å². The van der Waals surface area contributed by atoms with Crippen LogP contribution in [0.4, 0.5) is 13.2 Å². The molecule has 2 atom stereocenters. The van der Waals surface area contributed by atoms with Gasteiger partial charge in [-0.1, -0.05) is 30.3 Å². The number of carbonyl (C=O) groups excluding carboxylic acids is 1. The number of carbonyl (C=O) groups is 2. The summed E-state index contributed by atoms with van der Waals surface area (Å²) >= 11 is 0. The zero-order valence-corrected chi connectivity index (χ0v) is 11.0. The van der Waals surface area contributed by atoms with E-state index in [2.05, 4.69) is 0 Å². The van der Waals surface area contributed by atoms with Gasteiger partial charge >= 0.3 is 12.1 Å². The standard InChI is InChI=1S/C10H14N2O2.C2HF3O2/c1-10(12,8(13)9(11)14)7-5-3-2-4-6-7;3-2(4,5)1(6)7/h2-6,8,13H,12H2,1H3,(H2,11,14);(H,6,7)/t8-,10-;/m1./s1. The van der Waals surface area contributed by atoms with E-state index in [1.54, 1.807) is 31.2 Å². The fourth-order valence-corrected chi connectivity index (χ4v) is 1.25. The van der Waals surface area contributed by atoms with E-state index < -0.39 is 29.7 Å². The summed E-state index contributed by atoms with van der Waals surface area (Å²) in [7, 11) is 0. The number of aliphatic hydroxyl groups excluding tert-OH is 1. The fourth-order valence-electron chi connectivity index (χ4n) is 1.25. The van der Waals surface area contributed by atoms with E-state index in [1.807, 2.05) is 6.07 Å². The first-order valence-electron chi connectivity index (χ1n) is 5.52. The Hall–Kier alpha value is -2.13. The third-order valence-corrected chi connectivity index (χ3v) is 2.48. The number of primary amides is 1. The van der Waals surface area contributed by atoms with E-state index in [4.69, 9.17) is 21.4 Å². The minimum absolute atomic E-state index is 0.673. The van der Waals surface area contributed by atoms with Gasteiger partial charge in [0.05, 0.1) is 5.54 Å². The largest absolute Gasteiger partial charge is 0.490 e. The first-order valence-corrected chi connectivity index (χ1v) is 5.52. The summed E-state index contributed by atoms with van der Waals surface area (Å²) in [6.45, 7) is 1.57. The van der Waals surface area contributed by atoms with Crippen LogP contribution in [0, 0.1) is 0 Å². The van der Waals surface area contributed by atoms with Crippen LogP contribution in [0.15, 0.2) is 30.3 Å². The SMILES string of the molecule is C[C@@](N)(c1ccccc1)[C@H](O)C(N)=O.O=C(O)C(F)(F)F. The van der Waals surface area contributed by atoms with Gasteiger partial charge in [-0.15, -0.1) is 0 Å². The van der Waals surface area contributed by atoms with Gasteiger partial charge in [-0.3, -0.25) is 4.79 Å². The molecule has 9 heteroatoms. The van der Waals surface area contributed by atoms with Crippen molar-refractivity contribution < 1.29 is 33.0 Å². The van der Waals surface area contributed by atoms with E-state index in [9.17, 15) is 23.1 Å². The molecule has 0 aliphatic rings. The zero-order chi connectivity index (χ0) is 16.8. The lowest BCUT2D eigenvalue weighted by Crippen LogP contribution is -2.51. The van der Waals surface area contributed by atoms with E-state index >= 15 is 0 Å². The summed E-state index contributed by atoms with van der Waals surface area (Å²) in [5, 5.41) is 16.6. The maximum atomic E-state index is 10.8. The molecule has 0 radical (unpaired) electrons. The Labute approximate surface area is 118 Å². The molecule has 0 aromatic heterocycles. The predicted molar refractivity (Wildman–Crippen MR) is 66.9 cm³/mol. The number of rotatable bonds is 3. The molecule has 0 aliphatic heterocycles. The van der Waals surface area contributed by atoms with Gasteiger partial charge in [0.25, 0.3) is 0 Å². The van der Waals surface area contributed by atoms with Crippen molar-refractivity contribution >= 4 is 11.9 Å². The highest BCUT2D eigenvalue weighted by molar-refractivity contribution is 5.80. The zero-order valence-electron chi connectivity index (χ0n) is 11.0. The Balaban J connectivity index is 0.000000486. The second-order valence-corrected chi connectivity index (χ2v) is 4.26. The highest BCUT2D eigenvalue weighted by Crippen LogP contribution is 2.21. The van der Waals surface area contributed by atoms with Crippen molar-refractivity contribution in [1.82, 2.24) is 0 Å². The number of carboxylic acid groups (broad SMARTS) is 1. The number of halogens is 3. The summed E-state index contributed by atoms with van der Waals surface area (Å²) in [4.78, 5) is 19.7. The Morgan fingerprint density at radius 1 is 1.19 bits per heavy atom. The van der Waals surface area contributed by atoms with Gasteiger partial charge in [0.1, 0.15) is 0 Å². The highest BCUT2D eigenvalue weighted by Gasteiger charge is 2.38. The van der Waals surface area contributed by atoms with Crippen LogP contribution >= 0.6 is 0 Å². The molecule has 0 unspecified atom stereocenters. The third-order valence-electron chi connectivity index (χ3n) is 2.48. The minimum Gasteiger partial charge on any atom is -0.475 e. The normalized spacial score (nSPS) is 15.1. The van der Waals surface area contributed by atoms with E-state index in [-0.39, 0.29) is 0 Å². The number of benzene rings is 1. The molecular formula is C12H15F3N2O4. The van der Waals surface area contributed by atoms with E-state index in [0.717, 1.165) is 0 Å². The molecule has 21 heavy (non-hydrogen) atoms. The number of aliphatic hydroxyl groups is 1. The molecule has 1 aromatic carbocycles. The number of nitrogens with two attached hydrogens (primary N) is 2. The molecule has 1 rings (SSSR count). The number of carboxylic acids is 1. The molecule has 118 valence electrons. The maximum absolute atomic E-state index is 10.8. The lowest BCUT2D eigenvalue weighted by atomic mass is 9.87. The quantitative estimate of drug-likeness (QED) is 0.640. The molecule has 6 N–H and O–H groups in total. The Kier molecular flexibility index (Phi) is 6.33. The molecule has 0 saturated carbocycles. The van der Waals surface area contributed by atoms with Crippen LogP contribution < -0.4 is 11.5 Å². The number of hydrogen-bond donors (Lipinski definition) is 4. The number of amides is 1. The third kappa shape index (κ3) is 5.79. The van der Waals surface area contributed by atoms with Crippen molar-refractivity contribution in [2.24, 2.45) is 11.5 Å². The van der Waals surface area contributed by atoms with Crippen molar-refractivity contribution in [3.8, 4) is 0 Å². The number of alkyl halides is 3. The van der Waals surface area contributed by atoms with Crippen LogP contribution in [0.2, 0.25) is 0 Å². The van der Waals surface area contributed by atoms with Crippen LogP contribution in [0.3, 0.4) is 0 Å². The minimum atomic E-state index is -5.08. The summed E-state index contributed by atoms with van der Waals surface area (Å²) in [5.74, 6) is -3.58. The first-order chi connectivity index (χ1) is 9.40. The van der Waals surface area contributed by atoms with Crippen molar-refractivity contribution in [3.63, 3.8) is 0 Å². The van der Waals surface area contributed by atoms with Crippen molar-refractivity contribution in [1.29, 1.82) is 0 Å². The average molecular weight is 308 g/mol. The van der Waals surface area contributed by atoms with Gasteiger partial charge in [0, 0.05) is 0 Å². The van der Waals surface area contributed by atoms with Gasteiger partial charge < -0.3 is 21.7 Å². The second-order valence-electron chi connectivity index (χ2n) is 4.26. The molecule has 1 aromatic rings. The van der Waals surface area contributed by atoms with Gasteiger partial charge in [-0.2, -0.15) is 13.2 Å². The Morgan fingerprint density at radius 2 is 1.57 bits per heavy atom. The molecule has 0 heterocycles. The second kappa shape index (κ2) is 7.04. The summed E-state index contributed by atoms with van der Waals surface area (Å²) in [6.07, 6.45) is -6.47. The summed E-state index contributed by atoms with van der Waals surface area (Å²) in [6, 6.07) is 8.89. The molecule has 0 saturated heterocycles. The van der Waals surface area contributed by atoms with Crippen molar-refractivity contribution in [2.75, 3.05) is 0 Å². The molecule has 0 spiro atoms. The maximum Gasteiger partial charge on any atom is 0.490 e. The topological polar surface area (TPSA) is 127 Å². The first kappa shape index (κ1) is 18.9. The summed E-state index contributed by atoms with van der Waals surface area (Å²) in [5.41, 5.74) is 10.3. The van der Waals surface area contributed by atoms with E-state index in [1.165, 1.54) is 0 Å². The lowest BCUT2D eigenvalue weighted by molar-refractivity contribution is -0.192. The molecule has 6 nitrogen and oxygen atoms in total. The van der Waals surface area contributed by atoms with Crippen LogP contribution in [0.1, 0.15) is 12.5 Å². The smallest absolute Gasteiger partial charge is 0.475 e. The van der Waals surface area contributed by atoms with Gasteiger partial charge in [-0.05, 0) is 12.5 Å². The molecule has 0 fully saturated rings. The molecular weight excluding hydrogens is 293 g/mol. The van der Waals surface area contributed by atoms with Crippen molar-refractivity contribution in [2.45, 2.75) is 24.7 Å². The summed E-state index contributed by atoms with van der Waals surface area (Å²) < 4.78 is 31.7. The lowest BCUT2D eigenvalue weighted by Gasteiger charge is -2.28. The van der Waals surface area contributed by atoms with E-state index in [0.29, 0.717) is 5.56 Å². The Bertz CT molecular complexity index is 489. The van der Waals surface area contributed by atoms with Crippen LogP contribution in [0.5, 0.6) is 0 Å². The number of aliphatic carboxylic acids is 1. The monoisotopic (exact) mass is 308 g/mol. The number of hydrogen-bond acceptors (Lipinski definition) is 4. The molecule has 0 aliphatic carbocycles.